The van der Waals surface area contributed by atoms with E-state index in [0.29, 0.717) is 11.7 Å². The number of nitrogens with one attached hydrogen (secondary N) is 2. The van der Waals surface area contributed by atoms with Crippen molar-refractivity contribution in [2.45, 2.75) is 45.1 Å². The van der Waals surface area contributed by atoms with Crippen LogP contribution in [0, 0.1) is 0 Å². The van der Waals surface area contributed by atoms with E-state index in [-0.39, 0.29) is 6.61 Å². The van der Waals surface area contributed by atoms with Crippen LogP contribution in [-0.4, -0.2) is 48.8 Å². The monoisotopic (exact) mass is 742 g/mol. The second-order valence-corrected chi connectivity index (χ2v) is 13.9. The van der Waals surface area contributed by atoms with Crippen molar-refractivity contribution in [3.63, 3.8) is 0 Å². The van der Waals surface area contributed by atoms with Crippen molar-refractivity contribution in [1.82, 2.24) is 19.9 Å². The van der Waals surface area contributed by atoms with Gasteiger partial charge < -0.3 is 19.4 Å². The number of carbonyl (C=O) groups is 1. The van der Waals surface area contributed by atoms with Gasteiger partial charge in [-0.1, -0.05) is 44.0 Å². The van der Waals surface area contributed by atoms with Gasteiger partial charge in [0.1, 0.15) is 11.4 Å². The largest absolute Gasteiger partial charge is 0.482 e. The number of carbonyl (C=O) groups excluding carboxylic acids is 1. The fraction of sp³-hybridized carbons (Fsp3) is 0.270. The van der Waals surface area contributed by atoms with E-state index in [0.717, 1.165) is 79.5 Å². The molecule has 0 unspecified atom stereocenters. The Kier molecular flexibility index (Phi) is 9.61. The van der Waals surface area contributed by atoms with Crippen molar-refractivity contribution < 1.29 is 14.3 Å². The Morgan fingerprint density at radius 1 is 0.783 bits per heavy atom. The molecule has 7 nitrogen and oxygen atoms in total. The number of hydrogen-bond donors (Lipinski definition) is 2. The summed E-state index contributed by atoms with van der Waals surface area (Å²) >= 11 is 7.33. The maximum atomic E-state index is 12.2. The average Bonchev–Trinajstić information content (AvgIpc) is 3.83. The number of rotatable bonds is 9. The summed E-state index contributed by atoms with van der Waals surface area (Å²) in [6, 6.07) is 20.2. The van der Waals surface area contributed by atoms with Crippen LogP contribution in [0.25, 0.3) is 57.5 Å². The molecule has 4 aromatic rings. The number of halogens is 2. The molecule has 0 radical (unpaired) electrons. The Hall–Kier alpha value is -3.95. The molecule has 0 atom stereocenters. The summed E-state index contributed by atoms with van der Waals surface area (Å²) in [5.41, 5.74) is 10.1. The van der Waals surface area contributed by atoms with Gasteiger partial charge in [0.05, 0.1) is 22.8 Å². The molecule has 2 aliphatic rings. The van der Waals surface area contributed by atoms with Gasteiger partial charge in [-0.05, 0) is 118 Å². The molecule has 8 bridgehead atoms. The van der Waals surface area contributed by atoms with Crippen molar-refractivity contribution >= 4 is 84.2 Å². The summed E-state index contributed by atoms with van der Waals surface area (Å²) < 4.78 is 11.1. The third kappa shape index (κ3) is 7.53. The number of fused-ring (bicyclic) bond motifs is 8. The van der Waals surface area contributed by atoms with E-state index in [4.69, 9.17) is 19.4 Å². The smallest absolute Gasteiger partial charge is 0.344 e. The van der Waals surface area contributed by atoms with Gasteiger partial charge in [-0.15, -0.1) is 0 Å². The second-order valence-electron chi connectivity index (χ2n) is 12.3. The lowest BCUT2D eigenvalue weighted by molar-refractivity contribution is -0.157. The maximum Gasteiger partial charge on any atom is 0.344 e. The SMILES string of the molecule is CC(C)(C)OC(=O)COc1ccc(-c2c3ccc(cc4nc(c(C(CCBr)CCBr)c5nc(cc6ccc2[nH]6)C=C5)C=C4)[nH]3)cc1. The lowest BCUT2D eigenvalue weighted by Crippen LogP contribution is -2.27. The average molecular weight is 745 g/mol. The number of esters is 1. The highest BCUT2D eigenvalue weighted by Crippen LogP contribution is 2.34. The first kappa shape index (κ1) is 32.0. The Balaban J connectivity index is 1.46. The molecule has 0 aliphatic carbocycles. The minimum absolute atomic E-state index is 0.152. The van der Waals surface area contributed by atoms with Crippen LogP contribution in [0.5, 0.6) is 5.75 Å². The number of benzene rings is 1. The predicted molar refractivity (Wildman–Crippen MR) is 195 cm³/mol. The van der Waals surface area contributed by atoms with Gasteiger partial charge in [0.2, 0.25) is 0 Å². The number of alkyl halides is 2. The third-order valence-corrected chi connectivity index (χ3v) is 8.60. The highest BCUT2D eigenvalue weighted by molar-refractivity contribution is 9.09. The third-order valence-electron chi connectivity index (χ3n) is 7.68. The normalized spacial score (nSPS) is 12.6. The molecular formula is C37H36Br2N4O3. The zero-order chi connectivity index (χ0) is 32.3. The van der Waals surface area contributed by atoms with Crippen molar-refractivity contribution in [3.8, 4) is 16.9 Å². The van der Waals surface area contributed by atoms with Gasteiger partial charge in [-0.25, -0.2) is 14.8 Å². The summed E-state index contributed by atoms with van der Waals surface area (Å²) in [5.74, 6) is 0.494. The topological polar surface area (TPSA) is 92.9 Å². The summed E-state index contributed by atoms with van der Waals surface area (Å²) in [6.07, 6.45) is 10.3. The van der Waals surface area contributed by atoms with Gasteiger partial charge in [0.15, 0.2) is 6.61 Å². The zero-order valence-corrected chi connectivity index (χ0v) is 29.2. The standard InChI is InChI=1S/C37H36Br2N4O3/c1-37(2,3)46-34(44)22-45-29-10-4-23(5-11-29)35-30-12-6-25(40-30)20-27-8-14-32(42-27)36(24(16-18-38)17-19-39)33-15-9-28(43-33)21-26-7-13-31(35)41-26/h4-15,20-21,24,40-41H,16-19,22H2,1-3H3. The fourth-order valence-electron chi connectivity index (χ4n) is 5.75. The number of ether oxygens (including phenoxy) is 2. The Bertz CT molecular complexity index is 1870. The maximum absolute atomic E-state index is 12.2. The van der Waals surface area contributed by atoms with Crippen molar-refractivity contribution in [2.75, 3.05) is 17.3 Å². The predicted octanol–water partition coefficient (Wildman–Crippen LogP) is 9.70. The molecular weight excluding hydrogens is 708 g/mol. The van der Waals surface area contributed by atoms with Crippen molar-refractivity contribution in [3.05, 3.63) is 89.0 Å². The molecule has 3 aromatic heterocycles. The molecule has 46 heavy (non-hydrogen) atoms. The Morgan fingerprint density at radius 3 is 1.83 bits per heavy atom. The van der Waals surface area contributed by atoms with Gasteiger partial charge in [-0.2, -0.15) is 0 Å². The first-order valence-corrected chi connectivity index (χ1v) is 17.6. The minimum atomic E-state index is -0.559. The van der Waals surface area contributed by atoms with Gasteiger partial charge in [0, 0.05) is 43.9 Å². The van der Waals surface area contributed by atoms with Gasteiger partial charge >= 0.3 is 5.97 Å². The molecule has 0 saturated heterocycles. The van der Waals surface area contributed by atoms with E-state index in [1.807, 2.05) is 45.0 Å². The fourth-order valence-corrected chi connectivity index (χ4v) is 6.86. The van der Waals surface area contributed by atoms with E-state index in [1.165, 1.54) is 5.56 Å². The van der Waals surface area contributed by atoms with Gasteiger partial charge in [-0.3, -0.25) is 0 Å². The molecule has 1 aromatic carbocycles. The van der Waals surface area contributed by atoms with E-state index in [1.54, 1.807) is 0 Å². The van der Waals surface area contributed by atoms with Crippen LogP contribution in [0.2, 0.25) is 0 Å². The van der Waals surface area contributed by atoms with Crippen LogP contribution in [-0.2, 0) is 9.53 Å². The lowest BCUT2D eigenvalue weighted by atomic mass is 9.91. The van der Waals surface area contributed by atoms with E-state index in [2.05, 4.69) is 103 Å². The van der Waals surface area contributed by atoms with Crippen LogP contribution >= 0.6 is 31.9 Å². The molecule has 9 heteroatoms. The van der Waals surface area contributed by atoms with Crippen LogP contribution in [0.1, 0.15) is 67.9 Å². The molecule has 2 aliphatic heterocycles. The zero-order valence-electron chi connectivity index (χ0n) is 26.1. The summed E-state index contributed by atoms with van der Waals surface area (Å²) in [4.78, 5) is 29.5. The number of hydrogen-bond acceptors (Lipinski definition) is 5. The van der Waals surface area contributed by atoms with E-state index >= 15 is 0 Å². The number of aromatic amines is 2. The van der Waals surface area contributed by atoms with Crippen LogP contribution in [0.3, 0.4) is 0 Å². The first-order chi connectivity index (χ1) is 22.2. The van der Waals surface area contributed by atoms with Gasteiger partial charge in [0.25, 0.3) is 0 Å². The highest BCUT2D eigenvalue weighted by Gasteiger charge is 2.21. The quantitative estimate of drug-likeness (QED) is 0.114. The molecule has 0 amide bonds. The summed E-state index contributed by atoms with van der Waals surface area (Å²) in [5, 5.41) is 1.81. The van der Waals surface area contributed by atoms with Crippen molar-refractivity contribution in [2.24, 2.45) is 0 Å². The molecule has 5 heterocycles. The second kappa shape index (κ2) is 13.8. The first-order valence-electron chi connectivity index (χ1n) is 15.4. The minimum Gasteiger partial charge on any atom is -0.482 e. The summed E-state index contributed by atoms with van der Waals surface area (Å²) in [7, 11) is 0. The molecule has 6 rings (SSSR count). The van der Waals surface area contributed by atoms with Crippen molar-refractivity contribution in [1.29, 1.82) is 0 Å². The molecule has 0 spiro atoms. The van der Waals surface area contributed by atoms with Crippen LogP contribution in [0.4, 0.5) is 0 Å². The highest BCUT2D eigenvalue weighted by atomic mass is 79.9. The number of H-pyrrole nitrogens is 2. The summed E-state index contributed by atoms with van der Waals surface area (Å²) in [6.45, 7) is 5.36. The van der Waals surface area contributed by atoms with E-state index in [9.17, 15) is 4.79 Å². The van der Waals surface area contributed by atoms with E-state index < -0.39 is 11.6 Å². The van der Waals surface area contributed by atoms with Crippen LogP contribution < -0.4 is 4.74 Å². The Morgan fingerprint density at radius 2 is 1.33 bits per heavy atom. The molecule has 2 N–H and O–H groups in total. The van der Waals surface area contributed by atoms with Crippen LogP contribution in [0.15, 0.2) is 60.7 Å². The molecule has 236 valence electrons. The Labute approximate surface area is 285 Å². The molecule has 0 fully saturated rings. The number of nitrogens with zero attached hydrogens (tertiary/aromatic N) is 2. The molecule has 0 saturated carbocycles. The lowest BCUT2D eigenvalue weighted by Gasteiger charge is -2.19. The number of aromatic nitrogens is 4.